The molecule has 0 heterocycles. The number of ether oxygens (including phenoxy) is 1. The first-order valence-corrected chi connectivity index (χ1v) is 7.39. The maximum Gasteiger partial charge on any atom is 0.257 e. The van der Waals surface area contributed by atoms with Crippen molar-refractivity contribution in [1.29, 1.82) is 0 Å². The number of hydrogen-bond acceptors (Lipinski definition) is 2. The Morgan fingerprint density at radius 1 is 1.50 bits per heavy atom. The molecule has 0 N–H and O–H groups in total. The lowest BCUT2D eigenvalue weighted by atomic mass is 10.1. The third kappa shape index (κ3) is 4.28. The highest BCUT2D eigenvalue weighted by atomic mass is 79.9. The van der Waals surface area contributed by atoms with Gasteiger partial charge in [0.2, 0.25) is 0 Å². The minimum absolute atomic E-state index is 0.0208. The maximum atomic E-state index is 12.3. The molecule has 0 saturated carbocycles. The molecule has 0 aliphatic carbocycles. The first-order chi connectivity index (χ1) is 8.45. The molecule has 0 aliphatic heterocycles. The number of alkyl halides is 1. The summed E-state index contributed by atoms with van der Waals surface area (Å²) < 4.78 is 6.13. The summed E-state index contributed by atoms with van der Waals surface area (Å²) in [6.07, 6.45) is 0.918. The molecule has 0 aromatic heterocycles. The third-order valence-corrected chi connectivity index (χ3v) is 3.55. The summed E-state index contributed by atoms with van der Waals surface area (Å²) in [7, 11) is 3.37. The summed E-state index contributed by atoms with van der Waals surface area (Å²) >= 11 is 6.84. The Morgan fingerprint density at radius 2 is 2.17 bits per heavy atom. The Hall–Kier alpha value is -0.550. The normalized spacial score (nSPS) is 12.1. The fraction of sp³-hybridized carbons (Fsp3) is 0.462. The fourth-order valence-corrected chi connectivity index (χ4v) is 2.07. The van der Waals surface area contributed by atoms with Gasteiger partial charge in [-0.3, -0.25) is 4.79 Å². The van der Waals surface area contributed by atoms with Crippen LogP contribution in [0.15, 0.2) is 22.7 Å². The second-order valence-corrected chi connectivity index (χ2v) is 6.62. The molecule has 18 heavy (non-hydrogen) atoms. The molecule has 1 atom stereocenters. The van der Waals surface area contributed by atoms with Gasteiger partial charge in [0, 0.05) is 22.9 Å². The largest absolute Gasteiger partial charge is 0.496 e. The average Bonchev–Trinajstić information content (AvgIpc) is 2.34. The van der Waals surface area contributed by atoms with Crippen molar-refractivity contribution in [1.82, 2.24) is 4.90 Å². The molecule has 5 heteroatoms. The number of carbonyl (C=O) groups excluding carboxylic acids is 1. The zero-order chi connectivity index (χ0) is 13.7. The first kappa shape index (κ1) is 15.5. The highest BCUT2D eigenvalue weighted by Gasteiger charge is 2.16. The number of rotatable bonds is 5. The van der Waals surface area contributed by atoms with Crippen LogP contribution in [0, 0.1) is 0 Å². The van der Waals surface area contributed by atoms with Gasteiger partial charge in [0.1, 0.15) is 5.75 Å². The van der Waals surface area contributed by atoms with Crippen molar-refractivity contribution in [3.63, 3.8) is 0 Å². The molecule has 1 aromatic carbocycles. The Bertz CT molecular complexity index is 421. The molecule has 1 rings (SSSR count). The van der Waals surface area contributed by atoms with Crippen LogP contribution in [0.25, 0.3) is 0 Å². The van der Waals surface area contributed by atoms with Gasteiger partial charge in [0.25, 0.3) is 5.91 Å². The van der Waals surface area contributed by atoms with Crippen LogP contribution < -0.4 is 4.74 Å². The van der Waals surface area contributed by atoms with E-state index in [-0.39, 0.29) is 5.91 Å². The molecule has 0 bridgehead atoms. The Morgan fingerprint density at radius 3 is 2.72 bits per heavy atom. The van der Waals surface area contributed by atoms with Crippen molar-refractivity contribution in [2.75, 3.05) is 20.7 Å². The summed E-state index contributed by atoms with van der Waals surface area (Å²) in [5.74, 6) is 0.570. The molecule has 3 nitrogen and oxygen atoms in total. The van der Waals surface area contributed by atoms with E-state index in [0.717, 1.165) is 10.9 Å². The predicted molar refractivity (Wildman–Crippen MR) is 80.7 cm³/mol. The van der Waals surface area contributed by atoms with Crippen LogP contribution in [0.5, 0.6) is 5.75 Å². The average molecular weight is 379 g/mol. The lowest BCUT2D eigenvalue weighted by Crippen LogP contribution is -2.29. The molecule has 0 radical (unpaired) electrons. The van der Waals surface area contributed by atoms with Crippen LogP contribution in [0.1, 0.15) is 23.7 Å². The Kier molecular flexibility index (Phi) is 6.15. The second-order valence-electron chi connectivity index (χ2n) is 4.14. The summed E-state index contributed by atoms with van der Waals surface area (Å²) in [4.78, 5) is 14.4. The third-order valence-electron chi connectivity index (χ3n) is 2.60. The van der Waals surface area contributed by atoms with Crippen molar-refractivity contribution in [3.05, 3.63) is 28.2 Å². The Labute approximate surface area is 125 Å². The van der Waals surface area contributed by atoms with E-state index < -0.39 is 0 Å². The Balaban J connectivity index is 2.83. The van der Waals surface area contributed by atoms with E-state index in [1.54, 1.807) is 31.2 Å². The molecule has 1 unspecified atom stereocenters. The summed E-state index contributed by atoms with van der Waals surface area (Å²) in [5.41, 5.74) is 0.588. The molecule has 100 valence electrons. The summed E-state index contributed by atoms with van der Waals surface area (Å²) in [6.45, 7) is 2.78. The van der Waals surface area contributed by atoms with Crippen molar-refractivity contribution >= 4 is 37.8 Å². The van der Waals surface area contributed by atoms with Crippen LogP contribution in [-0.2, 0) is 0 Å². The molecular weight excluding hydrogens is 362 g/mol. The molecule has 0 saturated heterocycles. The fourth-order valence-electron chi connectivity index (χ4n) is 1.52. The van der Waals surface area contributed by atoms with E-state index in [1.165, 1.54) is 0 Å². The number of hydrogen-bond donors (Lipinski definition) is 0. The van der Waals surface area contributed by atoms with Gasteiger partial charge in [0.15, 0.2) is 0 Å². The van der Waals surface area contributed by atoms with E-state index in [2.05, 4.69) is 38.8 Å². The molecule has 0 aliphatic rings. The zero-order valence-electron chi connectivity index (χ0n) is 10.7. The van der Waals surface area contributed by atoms with Crippen LogP contribution in [0.2, 0.25) is 0 Å². The summed E-state index contributed by atoms with van der Waals surface area (Å²) in [6, 6.07) is 5.42. The maximum absolute atomic E-state index is 12.3. The number of benzene rings is 1. The zero-order valence-corrected chi connectivity index (χ0v) is 13.9. The van der Waals surface area contributed by atoms with Crippen LogP contribution >= 0.6 is 31.9 Å². The van der Waals surface area contributed by atoms with Crippen LogP contribution in [0.4, 0.5) is 0 Å². The molecule has 1 amide bonds. The molecule has 1 aromatic rings. The van der Waals surface area contributed by atoms with Crippen molar-refractivity contribution in [3.8, 4) is 5.75 Å². The predicted octanol–water partition coefficient (Wildman–Crippen LogP) is 3.70. The second kappa shape index (κ2) is 7.14. The SMILES string of the molecule is COc1cc(Br)ccc1C(=O)N(C)CCC(C)Br. The van der Waals surface area contributed by atoms with E-state index in [1.807, 2.05) is 6.07 Å². The van der Waals surface area contributed by atoms with Gasteiger partial charge < -0.3 is 9.64 Å². The van der Waals surface area contributed by atoms with E-state index in [4.69, 9.17) is 4.74 Å². The topological polar surface area (TPSA) is 29.5 Å². The van der Waals surface area contributed by atoms with Gasteiger partial charge in [-0.1, -0.05) is 38.8 Å². The van der Waals surface area contributed by atoms with Crippen LogP contribution in [0.3, 0.4) is 0 Å². The van der Waals surface area contributed by atoms with Gasteiger partial charge in [-0.2, -0.15) is 0 Å². The van der Waals surface area contributed by atoms with Gasteiger partial charge >= 0.3 is 0 Å². The van der Waals surface area contributed by atoms with E-state index >= 15 is 0 Å². The van der Waals surface area contributed by atoms with Crippen molar-refractivity contribution in [2.24, 2.45) is 0 Å². The van der Waals surface area contributed by atoms with Crippen molar-refractivity contribution < 1.29 is 9.53 Å². The smallest absolute Gasteiger partial charge is 0.257 e. The number of halogens is 2. The minimum Gasteiger partial charge on any atom is -0.496 e. The lowest BCUT2D eigenvalue weighted by molar-refractivity contribution is 0.0790. The molecule has 0 fully saturated rings. The van der Waals surface area contributed by atoms with Gasteiger partial charge in [-0.15, -0.1) is 0 Å². The van der Waals surface area contributed by atoms with Crippen LogP contribution in [-0.4, -0.2) is 36.3 Å². The number of methoxy groups -OCH3 is 1. The monoisotopic (exact) mass is 377 g/mol. The molecule has 0 spiro atoms. The van der Waals surface area contributed by atoms with E-state index in [9.17, 15) is 4.79 Å². The van der Waals surface area contributed by atoms with Gasteiger partial charge in [-0.25, -0.2) is 0 Å². The highest BCUT2D eigenvalue weighted by molar-refractivity contribution is 9.10. The highest BCUT2D eigenvalue weighted by Crippen LogP contribution is 2.24. The minimum atomic E-state index is -0.0208. The van der Waals surface area contributed by atoms with Gasteiger partial charge in [-0.05, 0) is 24.6 Å². The van der Waals surface area contributed by atoms with E-state index in [0.29, 0.717) is 22.7 Å². The lowest BCUT2D eigenvalue weighted by Gasteiger charge is -2.19. The standard InChI is InChI=1S/C13H17Br2NO2/c1-9(14)6-7-16(2)13(17)11-5-4-10(15)8-12(11)18-3/h4-5,8-9H,6-7H2,1-3H3. The summed E-state index contributed by atoms with van der Waals surface area (Å²) in [5, 5.41) is 0. The van der Waals surface area contributed by atoms with Gasteiger partial charge in [0.05, 0.1) is 12.7 Å². The number of carbonyl (C=O) groups is 1. The first-order valence-electron chi connectivity index (χ1n) is 5.68. The molecular formula is C13H17Br2NO2. The quantitative estimate of drug-likeness (QED) is 0.731. The van der Waals surface area contributed by atoms with Crippen molar-refractivity contribution in [2.45, 2.75) is 18.2 Å². The number of amides is 1. The number of nitrogens with zero attached hydrogens (tertiary/aromatic N) is 1.